The second-order valence-corrected chi connectivity index (χ2v) is 7.49. The van der Waals surface area contributed by atoms with Crippen molar-refractivity contribution in [2.75, 3.05) is 16.8 Å². The smallest absolute Gasteiger partial charge is 0.227 e. The third-order valence-electron chi connectivity index (χ3n) is 5.54. The molecule has 2 bridgehead atoms. The molecule has 1 saturated heterocycles. The number of carbonyl (C=O) groups is 1. The Morgan fingerprint density at radius 1 is 1.26 bits per heavy atom. The minimum atomic E-state index is 0.213. The third kappa shape index (κ3) is 3.07. The number of benzene rings is 1. The molecule has 0 radical (unpaired) electrons. The van der Waals surface area contributed by atoms with E-state index in [0.29, 0.717) is 17.6 Å². The largest absolute Gasteiger partial charge is 0.359 e. The van der Waals surface area contributed by atoms with Crippen molar-refractivity contribution in [1.29, 1.82) is 0 Å². The number of amides is 1. The van der Waals surface area contributed by atoms with Crippen LogP contribution in [0.2, 0.25) is 0 Å². The van der Waals surface area contributed by atoms with Crippen molar-refractivity contribution in [3.63, 3.8) is 0 Å². The van der Waals surface area contributed by atoms with E-state index in [0.717, 1.165) is 36.2 Å². The normalized spacial score (nSPS) is 29.1. The number of rotatable bonds is 3. The summed E-state index contributed by atoms with van der Waals surface area (Å²) in [4.78, 5) is 13.7. The van der Waals surface area contributed by atoms with Gasteiger partial charge >= 0.3 is 0 Å². The zero-order valence-electron chi connectivity index (χ0n) is 13.3. The molecule has 0 spiro atoms. The Morgan fingerprint density at radius 3 is 2.87 bits per heavy atom. The predicted octanol–water partition coefficient (Wildman–Crippen LogP) is 3.29. The summed E-state index contributed by atoms with van der Waals surface area (Å²) < 4.78 is 0. The van der Waals surface area contributed by atoms with Crippen molar-refractivity contribution in [2.24, 2.45) is 11.8 Å². The van der Waals surface area contributed by atoms with Crippen LogP contribution in [0.15, 0.2) is 24.3 Å². The molecule has 3 atom stereocenters. The Balaban J connectivity index is 1.38. The van der Waals surface area contributed by atoms with Crippen LogP contribution in [0.25, 0.3) is 0 Å². The van der Waals surface area contributed by atoms with Crippen molar-refractivity contribution in [3.05, 3.63) is 24.3 Å². The minimum Gasteiger partial charge on any atom is -0.359 e. The van der Waals surface area contributed by atoms with Crippen LogP contribution in [0.4, 0.5) is 11.4 Å². The molecule has 0 aromatic heterocycles. The molecule has 1 amide bonds. The van der Waals surface area contributed by atoms with Crippen molar-refractivity contribution in [2.45, 2.75) is 44.6 Å². The fourth-order valence-electron chi connectivity index (χ4n) is 4.43. The lowest BCUT2D eigenvalue weighted by Gasteiger charge is -2.25. The van der Waals surface area contributed by atoms with Gasteiger partial charge < -0.3 is 15.5 Å². The highest BCUT2D eigenvalue weighted by Crippen LogP contribution is 2.44. The Kier molecular flexibility index (Phi) is 3.97. The van der Waals surface area contributed by atoms with Gasteiger partial charge in [-0.15, -0.1) is 0 Å². The number of hydrogen-bond acceptors (Lipinski definition) is 2. The molecule has 0 unspecified atom stereocenters. The number of anilines is 2. The molecule has 23 heavy (non-hydrogen) atoms. The van der Waals surface area contributed by atoms with Crippen molar-refractivity contribution >= 4 is 34.6 Å². The minimum absolute atomic E-state index is 0.213. The predicted molar refractivity (Wildman–Crippen MR) is 96.6 cm³/mol. The Labute approximate surface area is 142 Å². The molecule has 1 heterocycles. The lowest BCUT2D eigenvalue weighted by atomic mass is 9.96. The van der Waals surface area contributed by atoms with E-state index in [4.69, 9.17) is 12.2 Å². The first-order chi connectivity index (χ1) is 11.2. The van der Waals surface area contributed by atoms with Gasteiger partial charge in [0.1, 0.15) is 0 Å². The summed E-state index contributed by atoms with van der Waals surface area (Å²) in [6.45, 7) is 0.816. The van der Waals surface area contributed by atoms with E-state index in [9.17, 15) is 4.79 Å². The van der Waals surface area contributed by atoms with E-state index >= 15 is 0 Å². The van der Waals surface area contributed by atoms with Gasteiger partial charge in [0, 0.05) is 30.4 Å². The van der Waals surface area contributed by atoms with E-state index < -0.39 is 0 Å². The molecule has 4 rings (SSSR count). The van der Waals surface area contributed by atoms with E-state index in [1.807, 2.05) is 29.2 Å². The van der Waals surface area contributed by atoms with Gasteiger partial charge in [0.15, 0.2) is 5.11 Å². The first-order valence-electron chi connectivity index (χ1n) is 8.67. The quantitative estimate of drug-likeness (QED) is 0.835. The first kappa shape index (κ1) is 14.9. The molecule has 3 fully saturated rings. The van der Waals surface area contributed by atoms with Crippen LogP contribution >= 0.6 is 12.2 Å². The zero-order chi connectivity index (χ0) is 15.8. The summed E-state index contributed by atoms with van der Waals surface area (Å²) in [6.07, 6.45) is 6.97. The van der Waals surface area contributed by atoms with E-state index in [-0.39, 0.29) is 5.91 Å². The second-order valence-electron chi connectivity index (χ2n) is 7.08. The lowest BCUT2D eigenvalue weighted by Crippen LogP contribution is -2.40. The van der Waals surface area contributed by atoms with Crippen molar-refractivity contribution in [3.8, 4) is 0 Å². The fraction of sp³-hybridized carbons (Fsp3) is 0.556. The number of carbonyl (C=O) groups excluding carboxylic acids is 1. The maximum Gasteiger partial charge on any atom is 0.227 e. The van der Waals surface area contributed by atoms with Gasteiger partial charge in [-0.05, 0) is 67.9 Å². The molecule has 2 N–H and O–H groups in total. The average molecular weight is 329 g/mol. The van der Waals surface area contributed by atoms with Crippen LogP contribution in [0.3, 0.4) is 0 Å². The fourth-order valence-corrected chi connectivity index (χ4v) is 4.70. The van der Waals surface area contributed by atoms with Crippen LogP contribution in [-0.2, 0) is 4.79 Å². The van der Waals surface area contributed by atoms with Gasteiger partial charge in [-0.1, -0.05) is 12.5 Å². The summed E-state index contributed by atoms with van der Waals surface area (Å²) >= 11 is 5.49. The van der Waals surface area contributed by atoms with Crippen molar-refractivity contribution < 1.29 is 4.79 Å². The molecule has 122 valence electrons. The monoisotopic (exact) mass is 329 g/mol. The Bertz CT molecular complexity index is 632. The van der Waals surface area contributed by atoms with Crippen LogP contribution in [0.1, 0.15) is 38.5 Å². The summed E-state index contributed by atoms with van der Waals surface area (Å²) in [5.41, 5.74) is 1.91. The van der Waals surface area contributed by atoms with Crippen LogP contribution < -0.4 is 15.5 Å². The molecule has 2 aliphatic carbocycles. The highest BCUT2D eigenvalue weighted by molar-refractivity contribution is 7.80. The summed E-state index contributed by atoms with van der Waals surface area (Å²) in [5, 5.41) is 7.49. The summed E-state index contributed by atoms with van der Waals surface area (Å²) in [7, 11) is 0. The number of thiocarbonyl (C=S) groups is 1. The molecular formula is C18H23N3OS. The number of nitrogens with zero attached hydrogens (tertiary/aromatic N) is 1. The molecule has 1 aromatic rings. The van der Waals surface area contributed by atoms with Gasteiger partial charge in [-0.2, -0.15) is 0 Å². The topological polar surface area (TPSA) is 44.4 Å². The van der Waals surface area contributed by atoms with Crippen LogP contribution in [-0.4, -0.2) is 23.6 Å². The SMILES string of the molecule is O=C1CCCN1c1cccc(NC(=S)N[C@H]2C[C@H]3CC[C@@H]2C3)c1. The van der Waals surface area contributed by atoms with E-state index in [1.54, 1.807) is 0 Å². The van der Waals surface area contributed by atoms with Gasteiger partial charge in [0.25, 0.3) is 0 Å². The lowest BCUT2D eigenvalue weighted by molar-refractivity contribution is -0.117. The van der Waals surface area contributed by atoms with Crippen LogP contribution in [0.5, 0.6) is 0 Å². The first-order valence-corrected chi connectivity index (χ1v) is 9.08. The third-order valence-corrected chi connectivity index (χ3v) is 5.76. The molecule has 3 aliphatic rings. The average Bonchev–Trinajstić information content (AvgIpc) is 3.24. The van der Waals surface area contributed by atoms with Gasteiger partial charge in [0.05, 0.1) is 0 Å². The maximum atomic E-state index is 11.9. The number of hydrogen-bond donors (Lipinski definition) is 2. The van der Waals surface area contributed by atoms with E-state index in [2.05, 4.69) is 10.6 Å². The maximum absolute atomic E-state index is 11.9. The van der Waals surface area contributed by atoms with E-state index in [1.165, 1.54) is 25.7 Å². The highest BCUT2D eigenvalue weighted by Gasteiger charge is 2.39. The van der Waals surface area contributed by atoms with Gasteiger partial charge in [0.2, 0.25) is 5.91 Å². The molecular weight excluding hydrogens is 306 g/mol. The summed E-state index contributed by atoms with van der Waals surface area (Å²) in [5.74, 6) is 1.92. The number of fused-ring (bicyclic) bond motifs is 2. The van der Waals surface area contributed by atoms with Crippen LogP contribution in [0, 0.1) is 11.8 Å². The molecule has 1 aliphatic heterocycles. The molecule has 4 nitrogen and oxygen atoms in total. The highest BCUT2D eigenvalue weighted by atomic mass is 32.1. The van der Waals surface area contributed by atoms with Gasteiger partial charge in [-0.3, -0.25) is 4.79 Å². The molecule has 5 heteroatoms. The second kappa shape index (κ2) is 6.11. The van der Waals surface area contributed by atoms with Crippen molar-refractivity contribution in [1.82, 2.24) is 5.32 Å². The van der Waals surface area contributed by atoms with Gasteiger partial charge in [-0.25, -0.2) is 0 Å². The standard InChI is InChI=1S/C18H23N3OS/c22-17-5-2-8-21(17)15-4-1-3-14(11-15)19-18(23)20-16-10-12-6-7-13(16)9-12/h1,3-4,11-13,16H,2,5-10H2,(H2,19,20,23)/t12-,13+,16-/m0/s1. The molecule has 2 saturated carbocycles. The number of nitrogens with one attached hydrogen (secondary N) is 2. The zero-order valence-corrected chi connectivity index (χ0v) is 14.1. The Morgan fingerprint density at radius 2 is 2.17 bits per heavy atom. The Hall–Kier alpha value is -1.62. The molecule has 1 aromatic carbocycles. The summed E-state index contributed by atoms with van der Waals surface area (Å²) in [6, 6.07) is 8.51.